The molecule has 2 aromatic carbocycles. The first kappa shape index (κ1) is 13.4. The van der Waals surface area contributed by atoms with Gasteiger partial charge in [-0.1, -0.05) is 24.3 Å². The van der Waals surface area contributed by atoms with Gasteiger partial charge in [0.15, 0.2) is 12.4 Å². The molecule has 0 bridgehead atoms. The topological polar surface area (TPSA) is 50.1 Å². The Bertz CT molecular complexity index is 728. The smallest absolute Gasteiger partial charge is 0.200 e. The van der Waals surface area contributed by atoms with Crippen LogP contribution >= 0.6 is 0 Å². The van der Waals surface area contributed by atoms with Gasteiger partial charge in [0.25, 0.3) is 0 Å². The highest BCUT2D eigenvalue weighted by molar-refractivity contribution is 5.97. The predicted octanol–water partition coefficient (Wildman–Crippen LogP) is 3.31. The molecule has 104 valence electrons. The van der Waals surface area contributed by atoms with Crippen LogP contribution in [0.15, 0.2) is 42.5 Å². The van der Waals surface area contributed by atoms with Crippen molar-refractivity contribution in [3.63, 3.8) is 0 Å². The number of hydrogen-bond acceptors (Lipinski definition) is 3. The number of ketones is 1. The molecule has 0 radical (unpaired) electrons. The third kappa shape index (κ3) is 2.80. The molecule has 0 N–H and O–H groups in total. The van der Waals surface area contributed by atoms with Gasteiger partial charge in [-0.25, -0.2) is 0 Å². The largest absolute Gasteiger partial charge is 0.484 e. The van der Waals surface area contributed by atoms with Crippen LogP contribution in [0.5, 0.6) is 5.75 Å². The highest BCUT2D eigenvalue weighted by Gasteiger charge is 2.14. The third-order valence-corrected chi connectivity index (χ3v) is 3.79. The number of nitrogens with zero attached hydrogens (tertiary/aromatic N) is 1. The molecule has 3 heteroatoms. The van der Waals surface area contributed by atoms with E-state index in [1.54, 1.807) is 24.3 Å². The molecule has 0 aliphatic heterocycles. The van der Waals surface area contributed by atoms with Gasteiger partial charge < -0.3 is 4.74 Å². The number of carbonyl (C=O) groups is 1. The molecule has 0 spiro atoms. The normalized spacial score (nSPS) is 12.5. The van der Waals surface area contributed by atoms with Crippen LogP contribution in [0.2, 0.25) is 0 Å². The van der Waals surface area contributed by atoms with Gasteiger partial charge in [0.1, 0.15) is 11.8 Å². The van der Waals surface area contributed by atoms with Crippen LogP contribution in [0.1, 0.15) is 33.5 Å². The van der Waals surface area contributed by atoms with Crippen molar-refractivity contribution >= 4 is 5.78 Å². The Hall–Kier alpha value is -2.60. The highest BCUT2D eigenvalue weighted by Crippen LogP contribution is 2.23. The van der Waals surface area contributed by atoms with Crippen molar-refractivity contribution in [2.45, 2.75) is 19.3 Å². The number of rotatable bonds is 4. The van der Waals surface area contributed by atoms with E-state index in [4.69, 9.17) is 10.00 Å². The third-order valence-electron chi connectivity index (χ3n) is 3.79. The van der Waals surface area contributed by atoms with E-state index in [1.165, 1.54) is 17.5 Å². The minimum atomic E-state index is -0.0579. The molecule has 0 aromatic heterocycles. The van der Waals surface area contributed by atoms with Crippen LogP contribution in [-0.2, 0) is 12.8 Å². The molecule has 0 saturated heterocycles. The number of para-hydroxylation sites is 1. The van der Waals surface area contributed by atoms with E-state index < -0.39 is 0 Å². The number of aryl methyl sites for hydroxylation is 2. The van der Waals surface area contributed by atoms with Gasteiger partial charge in [0, 0.05) is 5.56 Å². The summed E-state index contributed by atoms with van der Waals surface area (Å²) < 4.78 is 5.49. The lowest BCUT2D eigenvalue weighted by Crippen LogP contribution is -2.12. The molecular weight excluding hydrogens is 262 g/mol. The molecular formula is C18H15NO2. The first-order valence-electron chi connectivity index (χ1n) is 7.05. The van der Waals surface area contributed by atoms with E-state index in [0.29, 0.717) is 16.9 Å². The molecule has 21 heavy (non-hydrogen) atoms. The zero-order valence-corrected chi connectivity index (χ0v) is 11.6. The molecule has 3 rings (SSSR count). The number of fused-ring (bicyclic) bond motifs is 1. The summed E-state index contributed by atoms with van der Waals surface area (Å²) in [4.78, 5) is 12.2. The lowest BCUT2D eigenvalue weighted by molar-refractivity contribution is 0.0921. The van der Waals surface area contributed by atoms with Crippen LogP contribution < -0.4 is 4.74 Å². The van der Waals surface area contributed by atoms with Gasteiger partial charge in [-0.05, 0) is 48.6 Å². The lowest BCUT2D eigenvalue weighted by atomic mass is 10.0. The molecule has 0 fully saturated rings. The van der Waals surface area contributed by atoms with Gasteiger partial charge in [-0.2, -0.15) is 5.26 Å². The average molecular weight is 277 g/mol. The van der Waals surface area contributed by atoms with Crippen molar-refractivity contribution in [1.29, 1.82) is 5.26 Å². The van der Waals surface area contributed by atoms with Crippen LogP contribution in [0.4, 0.5) is 0 Å². The Balaban J connectivity index is 1.71. The Morgan fingerprint density at radius 1 is 1.14 bits per heavy atom. The SMILES string of the molecule is N#Cc1ccccc1OCC(=O)c1ccc2c(c1)CCC2. The van der Waals surface area contributed by atoms with Crippen molar-refractivity contribution in [2.24, 2.45) is 0 Å². The quantitative estimate of drug-likeness (QED) is 0.806. The summed E-state index contributed by atoms with van der Waals surface area (Å²) in [5, 5.41) is 8.99. The monoisotopic (exact) mass is 277 g/mol. The molecule has 1 aliphatic rings. The van der Waals surface area contributed by atoms with E-state index >= 15 is 0 Å². The van der Waals surface area contributed by atoms with Crippen molar-refractivity contribution in [1.82, 2.24) is 0 Å². The summed E-state index contributed by atoms with van der Waals surface area (Å²) in [5.74, 6) is 0.395. The van der Waals surface area contributed by atoms with Crippen LogP contribution in [0.3, 0.4) is 0 Å². The lowest BCUT2D eigenvalue weighted by Gasteiger charge is -2.08. The maximum Gasteiger partial charge on any atom is 0.200 e. The summed E-state index contributed by atoms with van der Waals surface area (Å²) in [6.07, 6.45) is 3.32. The second kappa shape index (κ2) is 5.80. The first-order valence-corrected chi connectivity index (χ1v) is 7.05. The summed E-state index contributed by atoms with van der Waals surface area (Å²) in [6, 6.07) is 14.9. The second-order valence-electron chi connectivity index (χ2n) is 5.16. The number of benzene rings is 2. The fourth-order valence-electron chi connectivity index (χ4n) is 2.66. The van der Waals surface area contributed by atoms with Crippen LogP contribution in [0, 0.1) is 11.3 Å². The number of nitriles is 1. The fourth-order valence-corrected chi connectivity index (χ4v) is 2.66. The highest BCUT2D eigenvalue weighted by atomic mass is 16.5. The van der Waals surface area contributed by atoms with Crippen LogP contribution in [-0.4, -0.2) is 12.4 Å². The molecule has 0 saturated carbocycles. The van der Waals surface area contributed by atoms with E-state index in [9.17, 15) is 4.79 Å². The Morgan fingerprint density at radius 2 is 1.95 bits per heavy atom. The molecule has 1 aliphatic carbocycles. The van der Waals surface area contributed by atoms with Gasteiger partial charge in [0.05, 0.1) is 5.56 Å². The predicted molar refractivity (Wildman–Crippen MR) is 79.4 cm³/mol. The summed E-state index contributed by atoms with van der Waals surface area (Å²) in [7, 11) is 0. The number of Topliss-reactive ketones (excluding diaryl/α,β-unsaturated/α-hetero) is 1. The molecule has 0 heterocycles. The number of hydrogen-bond donors (Lipinski definition) is 0. The molecule has 0 unspecified atom stereocenters. The van der Waals surface area contributed by atoms with Crippen molar-refractivity contribution < 1.29 is 9.53 Å². The van der Waals surface area contributed by atoms with Gasteiger partial charge in [-0.15, -0.1) is 0 Å². The van der Waals surface area contributed by atoms with E-state index in [1.807, 2.05) is 18.2 Å². The Labute approximate surface area is 123 Å². The number of carbonyl (C=O) groups excluding carboxylic acids is 1. The Kier molecular flexibility index (Phi) is 3.70. The Morgan fingerprint density at radius 3 is 2.81 bits per heavy atom. The zero-order valence-electron chi connectivity index (χ0n) is 11.6. The first-order chi connectivity index (χ1) is 10.3. The average Bonchev–Trinajstić information content (AvgIpc) is 3.00. The van der Waals surface area contributed by atoms with Crippen molar-refractivity contribution in [3.8, 4) is 11.8 Å². The van der Waals surface area contributed by atoms with Gasteiger partial charge in [0.2, 0.25) is 0 Å². The summed E-state index contributed by atoms with van der Waals surface area (Å²) in [5.41, 5.74) is 3.75. The zero-order chi connectivity index (χ0) is 14.7. The standard InChI is InChI=1S/C18H15NO2/c19-11-16-4-1-2-7-18(16)21-12-17(20)15-9-8-13-5-3-6-14(13)10-15/h1-2,4,7-10H,3,5-6,12H2. The second-order valence-corrected chi connectivity index (χ2v) is 5.16. The van der Waals surface area contributed by atoms with E-state index in [0.717, 1.165) is 12.8 Å². The van der Waals surface area contributed by atoms with Crippen LogP contribution in [0.25, 0.3) is 0 Å². The molecule has 0 amide bonds. The summed E-state index contributed by atoms with van der Waals surface area (Å²) >= 11 is 0. The van der Waals surface area contributed by atoms with E-state index in [-0.39, 0.29) is 12.4 Å². The molecule has 2 aromatic rings. The maximum absolute atomic E-state index is 12.2. The maximum atomic E-state index is 12.2. The van der Waals surface area contributed by atoms with E-state index in [2.05, 4.69) is 6.07 Å². The molecule has 3 nitrogen and oxygen atoms in total. The van der Waals surface area contributed by atoms with Gasteiger partial charge in [-0.3, -0.25) is 4.79 Å². The molecule has 0 atom stereocenters. The number of ether oxygens (including phenoxy) is 1. The fraction of sp³-hybridized carbons (Fsp3) is 0.222. The van der Waals surface area contributed by atoms with Gasteiger partial charge >= 0.3 is 0 Å². The minimum Gasteiger partial charge on any atom is -0.484 e. The van der Waals surface area contributed by atoms with Crippen molar-refractivity contribution in [2.75, 3.05) is 6.61 Å². The summed E-state index contributed by atoms with van der Waals surface area (Å²) in [6.45, 7) is -0.0442. The minimum absolute atomic E-state index is 0.0442. The van der Waals surface area contributed by atoms with Crippen molar-refractivity contribution in [3.05, 3.63) is 64.7 Å².